The third-order valence-electron chi connectivity index (χ3n) is 4.74. The molecule has 1 unspecified atom stereocenters. The van der Waals surface area contributed by atoms with E-state index in [-0.39, 0.29) is 6.61 Å². The van der Waals surface area contributed by atoms with Gasteiger partial charge in [0, 0.05) is 35.2 Å². The van der Waals surface area contributed by atoms with Crippen molar-refractivity contribution in [2.75, 3.05) is 18.9 Å². The highest BCUT2D eigenvalue weighted by Crippen LogP contribution is 2.35. The van der Waals surface area contributed by atoms with Crippen LogP contribution in [0, 0.1) is 0 Å². The van der Waals surface area contributed by atoms with Gasteiger partial charge in [-0.25, -0.2) is 9.59 Å². The number of nitrogens with zero attached hydrogens (tertiary/aromatic N) is 1. The highest BCUT2D eigenvalue weighted by Gasteiger charge is 2.19. The number of nitrogens with one attached hydrogen (secondary N) is 1. The number of halogens is 1. The van der Waals surface area contributed by atoms with Crippen LogP contribution in [0.3, 0.4) is 0 Å². The fourth-order valence-electron chi connectivity index (χ4n) is 3.23. The van der Waals surface area contributed by atoms with E-state index in [0.717, 1.165) is 33.4 Å². The Hall–Kier alpha value is -1.81. The molecule has 0 saturated heterocycles. The maximum atomic E-state index is 10.1. The number of carbonyl (C=O) groups is 2. The summed E-state index contributed by atoms with van der Waals surface area (Å²) in [7, 11) is 0. The molecule has 0 amide bonds. The zero-order chi connectivity index (χ0) is 21.9. The topological polar surface area (TPSA) is 128 Å². The van der Waals surface area contributed by atoms with Gasteiger partial charge in [-0.15, -0.1) is 11.8 Å². The number of hydrogen-bond donors (Lipinski definition) is 4. The van der Waals surface area contributed by atoms with E-state index in [2.05, 4.69) is 10.5 Å². The van der Waals surface area contributed by atoms with Crippen LogP contribution in [0.15, 0.2) is 28.3 Å². The Kier molecular flexibility index (Phi) is 10.4. The summed E-state index contributed by atoms with van der Waals surface area (Å²) in [6.07, 6.45) is 6.67. The van der Waals surface area contributed by atoms with Crippen LogP contribution in [0.4, 0.5) is 0 Å². The second-order valence-corrected chi connectivity index (χ2v) is 8.57. The molecular weight excluding hydrogens is 432 g/mol. The third kappa shape index (κ3) is 8.14. The monoisotopic (exact) mass is 458 g/mol. The highest BCUT2D eigenvalue weighted by molar-refractivity contribution is 7.99. The minimum Gasteiger partial charge on any atom is -0.473 e. The minimum absolute atomic E-state index is 0.215. The standard InChI is InChI=1S/C18H25ClN2O2S.C2H2O4/c19-16-8-4-7-15-17(9-10-24-18(15)16)21-23-12-14(22)11-20-13-5-2-1-3-6-13;3-1(4)2(5)6/h4,7-8,13-14,20,22H,1-3,5-6,9-12H2;(H,3,4)(H,5,6)/b21-17+;. The van der Waals surface area contributed by atoms with Crippen molar-refractivity contribution in [2.24, 2.45) is 5.16 Å². The van der Waals surface area contributed by atoms with Crippen molar-refractivity contribution in [1.29, 1.82) is 0 Å². The fourth-order valence-corrected chi connectivity index (χ4v) is 4.62. The first-order valence-corrected chi connectivity index (χ1v) is 11.2. The lowest BCUT2D eigenvalue weighted by Gasteiger charge is -2.24. The minimum atomic E-state index is -1.82. The number of aliphatic carboxylic acids is 2. The highest BCUT2D eigenvalue weighted by atomic mass is 35.5. The Morgan fingerprint density at radius 2 is 1.93 bits per heavy atom. The van der Waals surface area contributed by atoms with Crippen LogP contribution >= 0.6 is 23.4 Å². The molecule has 1 aliphatic heterocycles. The molecule has 1 aromatic carbocycles. The van der Waals surface area contributed by atoms with Crippen LogP contribution < -0.4 is 5.32 Å². The molecule has 1 fully saturated rings. The van der Waals surface area contributed by atoms with Gasteiger partial charge in [0.2, 0.25) is 0 Å². The predicted octanol–water partition coefficient (Wildman–Crippen LogP) is 3.00. The van der Waals surface area contributed by atoms with Crippen molar-refractivity contribution in [3.8, 4) is 0 Å². The van der Waals surface area contributed by atoms with Crippen molar-refractivity contribution in [1.82, 2.24) is 5.32 Å². The Morgan fingerprint density at radius 1 is 1.23 bits per heavy atom. The zero-order valence-corrected chi connectivity index (χ0v) is 18.1. The molecule has 1 saturated carbocycles. The fraction of sp³-hybridized carbons (Fsp3) is 0.550. The summed E-state index contributed by atoms with van der Waals surface area (Å²) in [5.74, 6) is -2.70. The third-order valence-corrected chi connectivity index (χ3v) is 6.30. The lowest BCUT2D eigenvalue weighted by Crippen LogP contribution is -2.38. The lowest BCUT2D eigenvalue weighted by molar-refractivity contribution is -0.159. The molecule has 10 heteroatoms. The number of rotatable bonds is 6. The summed E-state index contributed by atoms with van der Waals surface area (Å²) in [5, 5.41) is 33.3. The molecule has 8 nitrogen and oxygen atoms in total. The first-order chi connectivity index (χ1) is 14.4. The number of aliphatic hydroxyl groups is 1. The number of oxime groups is 1. The van der Waals surface area contributed by atoms with Crippen molar-refractivity contribution >= 4 is 41.0 Å². The van der Waals surface area contributed by atoms with Crippen LogP contribution in [0.5, 0.6) is 0 Å². The van der Waals surface area contributed by atoms with Crippen LogP contribution in [-0.4, -0.2) is 64.0 Å². The Labute approximate surface area is 184 Å². The van der Waals surface area contributed by atoms with Gasteiger partial charge in [0.15, 0.2) is 0 Å². The van der Waals surface area contributed by atoms with Gasteiger partial charge >= 0.3 is 11.9 Å². The summed E-state index contributed by atoms with van der Waals surface area (Å²) in [6, 6.07) is 6.41. The molecule has 1 aromatic rings. The van der Waals surface area contributed by atoms with E-state index in [1.54, 1.807) is 11.8 Å². The van der Waals surface area contributed by atoms with E-state index in [0.29, 0.717) is 12.6 Å². The molecular formula is C20H27ClN2O6S. The van der Waals surface area contributed by atoms with E-state index in [9.17, 15) is 5.11 Å². The van der Waals surface area contributed by atoms with Crippen molar-refractivity contribution in [2.45, 2.75) is 55.6 Å². The molecule has 1 aliphatic carbocycles. The molecule has 1 atom stereocenters. The van der Waals surface area contributed by atoms with Gasteiger partial charge in [0.25, 0.3) is 0 Å². The summed E-state index contributed by atoms with van der Waals surface area (Å²) in [4.78, 5) is 24.7. The largest absolute Gasteiger partial charge is 0.473 e. The summed E-state index contributed by atoms with van der Waals surface area (Å²) >= 11 is 8.00. The van der Waals surface area contributed by atoms with Crippen molar-refractivity contribution in [3.05, 3.63) is 28.8 Å². The summed E-state index contributed by atoms with van der Waals surface area (Å²) < 4.78 is 0. The average Bonchev–Trinajstić information content (AvgIpc) is 2.74. The van der Waals surface area contributed by atoms with Gasteiger partial charge in [-0.1, -0.05) is 48.2 Å². The number of carboxylic acid groups (broad SMARTS) is 2. The normalized spacial score (nSPS) is 18.7. The molecule has 30 heavy (non-hydrogen) atoms. The molecule has 2 aliphatic rings. The summed E-state index contributed by atoms with van der Waals surface area (Å²) in [5.41, 5.74) is 1.97. The van der Waals surface area contributed by atoms with Gasteiger partial charge < -0.3 is 25.5 Å². The first kappa shape index (κ1) is 24.5. The van der Waals surface area contributed by atoms with Gasteiger partial charge in [-0.3, -0.25) is 0 Å². The van der Waals surface area contributed by atoms with Crippen LogP contribution in [-0.2, 0) is 14.4 Å². The smallest absolute Gasteiger partial charge is 0.414 e. The van der Waals surface area contributed by atoms with Crippen LogP contribution in [0.2, 0.25) is 5.02 Å². The van der Waals surface area contributed by atoms with E-state index >= 15 is 0 Å². The SMILES string of the molecule is O=C(O)C(=O)O.OC(CNC1CCCCC1)CO/N=C1\CCSc2c(Cl)cccc21. The Bertz CT molecular complexity index is 743. The van der Waals surface area contributed by atoms with Gasteiger partial charge in [-0.2, -0.15) is 0 Å². The molecule has 0 radical (unpaired) electrons. The number of hydrogen-bond acceptors (Lipinski definition) is 7. The van der Waals surface area contributed by atoms with Gasteiger partial charge in [0.05, 0.1) is 10.7 Å². The van der Waals surface area contributed by atoms with E-state index in [1.807, 2.05) is 18.2 Å². The second-order valence-electron chi connectivity index (χ2n) is 7.06. The summed E-state index contributed by atoms with van der Waals surface area (Å²) in [6.45, 7) is 0.778. The first-order valence-electron chi connectivity index (χ1n) is 9.86. The maximum absolute atomic E-state index is 10.1. The zero-order valence-electron chi connectivity index (χ0n) is 16.6. The Morgan fingerprint density at radius 3 is 2.60 bits per heavy atom. The quantitative estimate of drug-likeness (QED) is 0.378. The number of carboxylic acids is 2. The number of thioether (sulfide) groups is 1. The van der Waals surface area contributed by atoms with E-state index in [1.165, 1.54) is 32.1 Å². The number of fused-ring (bicyclic) bond motifs is 1. The molecule has 4 N–H and O–H groups in total. The average molecular weight is 459 g/mol. The van der Waals surface area contributed by atoms with Crippen molar-refractivity contribution in [3.63, 3.8) is 0 Å². The molecule has 0 bridgehead atoms. The lowest BCUT2D eigenvalue weighted by atomic mass is 9.95. The molecule has 166 valence electrons. The van der Waals surface area contributed by atoms with E-state index in [4.69, 9.17) is 36.2 Å². The second kappa shape index (κ2) is 12.8. The molecule has 0 aromatic heterocycles. The number of benzene rings is 1. The number of aliphatic hydroxyl groups excluding tert-OH is 1. The maximum Gasteiger partial charge on any atom is 0.414 e. The predicted molar refractivity (Wildman–Crippen MR) is 115 cm³/mol. The molecule has 0 spiro atoms. The van der Waals surface area contributed by atoms with Crippen LogP contribution in [0.25, 0.3) is 0 Å². The van der Waals surface area contributed by atoms with Gasteiger partial charge in [0.1, 0.15) is 12.7 Å². The van der Waals surface area contributed by atoms with Gasteiger partial charge in [-0.05, 0) is 18.9 Å². The Balaban J connectivity index is 0.000000469. The van der Waals surface area contributed by atoms with Crippen LogP contribution in [0.1, 0.15) is 44.1 Å². The van der Waals surface area contributed by atoms with Crippen molar-refractivity contribution < 1.29 is 29.7 Å². The van der Waals surface area contributed by atoms with E-state index < -0.39 is 18.0 Å². The molecule has 1 heterocycles. The molecule has 3 rings (SSSR count).